The van der Waals surface area contributed by atoms with Crippen LogP contribution in [0, 0.1) is 45.3 Å². The number of ether oxygens (including phenoxy) is 11. The fraction of sp³-hybridized carbons (Fsp3) is 0.570. The highest BCUT2D eigenvalue weighted by atomic mass is 35.5. The molecule has 116 heavy (non-hydrogen) atoms. The molecule has 6 fully saturated rings. The van der Waals surface area contributed by atoms with Crippen molar-refractivity contribution in [2.45, 2.75) is 217 Å². The molecule has 9 N–H and O–H groups in total. The first-order valence-corrected chi connectivity index (χ1v) is 39.7. The second-order valence-corrected chi connectivity index (χ2v) is 34.5. The molecular formula is C86H108Cl2N2O26. The van der Waals surface area contributed by atoms with Crippen molar-refractivity contribution in [3.63, 3.8) is 0 Å². The molecule has 2 heterocycles. The van der Waals surface area contributed by atoms with Crippen LogP contribution in [0.1, 0.15) is 160 Å². The van der Waals surface area contributed by atoms with Gasteiger partial charge in [0.2, 0.25) is 0 Å². The van der Waals surface area contributed by atoms with Crippen molar-refractivity contribution in [1.29, 1.82) is 0 Å². The predicted molar refractivity (Wildman–Crippen MR) is 417 cm³/mol. The number of esters is 6. The maximum atomic E-state index is 15.5. The van der Waals surface area contributed by atoms with Crippen molar-refractivity contribution >= 4 is 76.7 Å². The van der Waals surface area contributed by atoms with Gasteiger partial charge in [0.05, 0.1) is 102 Å². The molecule has 0 radical (unpaired) electrons. The third-order valence-corrected chi connectivity index (χ3v) is 25.7. The number of carbonyl (C=O) groups is 9. The van der Waals surface area contributed by atoms with E-state index in [-0.39, 0.29) is 60.1 Å². The molecular weight excluding hydrogens is 1550 g/mol. The van der Waals surface area contributed by atoms with Crippen LogP contribution in [0.5, 0.6) is 0 Å². The van der Waals surface area contributed by atoms with E-state index in [1.165, 1.54) is 40.2 Å². The number of methoxy groups -OCH3 is 2. The number of nitrogens with one attached hydrogen (secondary N) is 1. The average molecular weight is 1660 g/mol. The Morgan fingerprint density at radius 3 is 1.22 bits per heavy atom. The van der Waals surface area contributed by atoms with Crippen molar-refractivity contribution < 1.29 is 126 Å². The number of hydrogen-bond acceptors (Lipinski definition) is 27. The first kappa shape index (κ1) is 90.3. The first-order chi connectivity index (χ1) is 54.5. The van der Waals surface area contributed by atoms with Gasteiger partial charge in [-0.25, -0.2) is 24.0 Å². The Bertz CT molecular complexity index is 4370. The van der Waals surface area contributed by atoms with E-state index in [1.807, 2.05) is 0 Å². The summed E-state index contributed by atoms with van der Waals surface area (Å²) in [5, 5.41) is 75.0. The van der Waals surface area contributed by atoms with E-state index in [0.29, 0.717) is 22.3 Å². The van der Waals surface area contributed by atoms with Crippen LogP contribution < -0.4 is 11.1 Å². The Morgan fingerprint density at radius 1 is 0.560 bits per heavy atom. The number of fused-ring (bicyclic) bond motifs is 10. The van der Waals surface area contributed by atoms with Gasteiger partial charge in [-0.2, -0.15) is 0 Å². The summed E-state index contributed by atoms with van der Waals surface area (Å²) in [5.41, 5.74) is -6.21. The summed E-state index contributed by atoms with van der Waals surface area (Å²) in [4.78, 5) is 126. The molecule has 30 heteroatoms. The van der Waals surface area contributed by atoms with Crippen molar-refractivity contribution in [2.75, 3.05) is 46.0 Å². The zero-order chi connectivity index (χ0) is 85.5. The minimum absolute atomic E-state index is 0.0951. The minimum atomic E-state index is -2.25. The molecule has 2 saturated heterocycles. The van der Waals surface area contributed by atoms with Gasteiger partial charge in [0.25, 0.3) is 0 Å². The van der Waals surface area contributed by atoms with Crippen molar-refractivity contribution in [2.24, 2.45) is 51.1 Å². The normalized spacial score (nSPS) is 33.5. The highest BCUT2D eigenvalue weighted by Gasteiger charge is 2.80. The third-order valence-electron chi connectivity index (χ3n) is 25.7. The van der Waals surface area contributed by atoms with E-state index in [9.17, 15) is 64.2 Å². The van der Waals surface area contributed by atoms with Gasteiger partial charge in [0, 0.05) is 64.6 Å². The first-order valence-electron chi connectivity index (χ1n) is 38.6. The SMILES string of the molecule is CO[C@H]1C[C@H]2OC[C@@]2(OC(C)=O)[C@H]2[C@H](OC(=O)c3ccccc3)[C@]3(O)C[C@H](OC(=O)[C@H](O)[C@@H](N)c4ccccc4)C(C)=C([C@@H](CO)C(=O)[C@]12C)C3(C)C.CO[C@H]1C[C@H]2OC[C@@]2(OC(C)=O)[C@H]2[C@H](OC(=O)c3ccccc3)[C@]3(O)C[C@H](OC(=O)[C@H](O)[C@@H](NC(=O)OC(C)(C)C)c4ccccc4)C(C)=C([C@@H](CO)C(=O)[C@]12C)C3(C)C.ClCCl. The molecule has 4 aromatic carbocycles. The van der Waals surface area contributed by atoms with Gasteiger partial charge in [0.15, 0.2) is 35.0 Å². The molecule has 4 saturated carbocycles. The van der Waals surface area contributed by atoms with E-state index >= 15 is 9.59 Å². The summed E-state index contributed by atoms with van der Waals surface area (Å²) in [6, 6.07) is 30.4. The number of Topliss-reactive ketones (excluding diaryl/α,β-unsaturated/α-hetero) is 2. The topological polar surface area (TPSA) is 415 Å². The number of benzene rings is 4. The number of aliphatic hydroxyl groups is 6. The predicted octanol–water partition coefficient (Wildman–Crippen LogP) is 8.18. The molecule has 0 aromatic heterocycles. The monoisotopic (exact) mass is 1650 g/mol. The van der Waals surface area contributed by atoms with E-state index in [2.05, 4.69) is 5.32 Å². The van der Waals surface area contributed by atoms with Crippen molar-refractivity contribution in [3.05, 3.63) is 166 Å². The summed E-state index contributed by atoms with van der Waals surface area (Å²) in [5.74, 6) is -11.6. The lowest BCUT2D eigenvalue weighted by Gasteiger charge is -2.68. The van der Waals surface area contributed by atoms with E-state index in [1.54, 1.807) is 185 Å². The van der Waals surface area contributed by atoms with E-state index < -0.39 is 220 Å². The Balaban J connectivity index is 0.000000239. The van der Waals surface area contributed by atoms with Crippen LogP contribution in [-0.2, 0) is 80.9 Å². The number of halogens is 2. The number of rotatable bonds is 19. The number of carbonyl (C=O) groups excluding carboxylic acids is 9. The van der Waals surface area contributed by atoms with E-state index in [0.717, 1.165) is 0 Å². The number of alkyl carbamates (subject to hydrolysis) is 1. The lowest BCUT2D eigenvalue weighted by atomic mass is 9.43. The van der Waals surface area contributed by atoms with Gasteiger partial charge in [-0.1, -0.05) is 125 Å². The Hall–Kier alpha value is -8.07. The van der Waals surface area contributed by atoms with Crippen LogP contribution in [0.4, 0.5) is 4.79 Å². The van der Waals surface area contributed by atoms with Gasteiger partial charge in [-0.3, -0.25) is 19.2 Å². The molecule has 12 rings (SSSR count). The zero-order valence-corrected chi connectivity index (χ0v) is 69.3. The molecule has 2 aliphatic heterocycles. The molecule has 22 atom stereocenters. The molecule has 8 aliphatic rings. The van der Waals surface area contributed by atoms with E-state index in [4.69, 9.17) is 81.0 Å². The summed E-state index contributed by atoms with van der Waals surface area (Å²) in [6.07, 6.45) is -14.8. The molecule has 28 nitrogen and oxygen atoms in total. The second-order valence-electron chi connectivity index (χ2n) is 33.7. The van der Waals surface area contributed by atoms with Gasteiger partial charge < -0.3 is 93.8 Å². The van der Waals surface area contributed by atoms with Crippen LogP contribution in [0.15, 0.2) is 144 Å². The van der Waals surface area contributed by atoms with Crippen molar-refractivity contribution in [1.82, 2.24) is 5.32 Å². The summed E-state index contributed by atoms with van der Waals surface area (Å²) in [7, 11) is 2.85. The van der Waals surface area contributed by atoms with Gasteiger partial charge in [-0.15, -0.1) is 23.2 Å². The number of alkyl halides is 2. The summed E-state index contributed by atoms with van der Waals surface area (Å²) < 4.78 is 66.6. The van der Waals surface area contributed by atoms with Crippen LogP contribution in [0.2, 0.25) is 0 Å². The average Bonchev–Trinajstić information content (AvgIpc) is 0.672. The molecule has 4 bridgehead atoms. The highest BCUT2D eigenvalue weighted by molar-refractivity contribution is 6.40. The standard InChI is InChI=1S/C45H57NO14.C40H49NO12.CH2Cl2/c1-24-29(57-39(52)34(49)33(26-16-12-10-13-17-26)46-40(53)60-41(3,4)5)21-45(54)37(58-38(51)27-18-14-11-15-19-27)35-43(8,36(50)28(22-47)32(24)42(45,6)7)30(55-9)20-31-44(35,23-56-31)59-25(2)48;1-21-26(51-36(47)31(44)30(41)23-13-9-7-10-14-23)18-40(48)34(52-35(46)24-15-11-8-12-16-24)32-38(5,33(45)25(19-42)29(21)37(40,3)4)27(49-6)17-28-39(32,20-50-28)53-22(2)43;2-1-3/h10-19,28-31,33-35,37,47,49,54H,20-23H2,1-9H3,(H,46,53);7-16,25-28,30-32,34,42,44,48H,17-20,41H2,1-6H3;1H2/t28-,29+,30+,31-,33+,34-,35+,37+,43-,44+,45-;25-,26+,27+,28-,30+,31-,32+,34+,38-,39+,40-;/m11./s1. The fourth-order valence-electron chi connectivity index (χ4n) is 20.0. The molecule has 4 aromatic rings. The second kappa shape index (κ2) is 34.7. The minimum Gasteiger partial charge on any atom is -0.456 e. The maximum absolute atomic E-state index is 15.5. The van der Waals surface area contributed by atoms with Crippen LogP contribution >= 0.6 is 23.2 Å². The zero-order valence-electron chi connectivity index (χ0n) is 67.8. The van der Waals surface area contributed by atoms with Gasteiger partial charge >= 0.3 is 41.9 Å². The van der Waals surface area contributed by atoms with Crippen LogP contribution in [0.25, 0.3) is 0 Å². The van der Waals surface area contributed by atoms with Gasteiger partial charge in [0.1, 0.15) is 53.4 Å². The highest BCUT2D eigenvalue weighted by Crippen LogP contribution is 2.68. The largest absolute Gasteiger partial charge is 0.456 e. The number of aliphatic hydroxyl groups excluding tert-OH is 4. The van der Waals surface area contributed by atoms with Crippen molar-refractivity contribution in [3.8, 4) is 0 Å². The fourth-order valence-corrected chi connectivity index (χ4v) is 20.0. The number of nitrogens with two attached hydrogens (primary N) is 1. The molecule has 1 amide bonds. The molecule has 0 unspecified atom stereocenters. The third kappa shape index (κ3) is 15.9. The summed E-state index contributed by atoms with van der Waals surface area (Å²) in [6.45, 7) is 18.8. The van der Waals surface area contributed by atoms with Crippen LogP contribution in [-0.4, -0.2) is 219 Å². The lowest BCUT2D eigenvalue weighted by molar-refractivity contribution is -0.347. The lowest BCUT2D eigenvalue weighted by Crippen LogP contribution is -2.81. The summed E-state index contributed by atoms with van der Waals surface area (Å²) >= 11 is 9.53. The molecule has 6 aliphatic carbocycles. The Kier molecular flexibility index (Phi) is 27.0. The maximum Gasteiger partial charge on any atom is 0.408 e. The Labute approximate surface area is 684 Å². The number of ketones is 2. The number of amides is 1. The van der Waals surface area contributed by atoms with Gasteiger partial charge in [-0.05, 0) is 106 Å². The Morgan fingerprint density at radius 2 is 0.905 bits per heavy atom. The molecule has 632 valence electrons. The quantitative estimate of drug-likeness (QED) is 0.0190. The van der Waals surface area contributed by atoms with Crippen LogP contribution in [0.3, 0.4) is 0 Å². The smallest absolute Gasteiger partial charge is 0.408 e. The number of hydrogen-bond donors (Lipinski definition) is 8. The molecule has 0 spiro atoms.